The molecule has 1 fully saturated rings. The Labute approximate surface area is 128 Å². The van der Waals surface area contributed by atoms with E-state index in [9.17, 15) is 9.90 Å². The van der Waals surface area contributed by atoms with Crippen molar-refractivity contribution in [2.24, 2.45) is 5.92 Å². The van der Waals surface area contributed by atoms with Crippen LogP contribution in [0.5, 0.6) is 0 Å². The number of piperidine rings is 1. The molecule has 1 saturated heterocycles. The lowest BCUT2D eigenvalue weighted by Crippen LogP contribution is -2.45. The van der Waals surface area contributed by atoms with Crippen molar-refractivity contribution in [1.82, 2.24) is 4.90 Å². The quantitative estimate of drug-likeness (QED) is 0.852. The number of amides is 1. The molecule has 1 amide bonds. The van der Waals surface area contributed by atoms with Crippen LogP contribution >= 0.6 is 23.2 Å². The SMILES string of the molecule is CC1CCN(C(=O)/C=C/c2c(Cl)cccc2Cl)CC1O. The van der Waals surface area contributed by atoms with Crippen LogP contribution < -0.4 is 0 Å². The number of carbonyl (C=O) groups is 1. The first-order valence-corrected chi connectivity index (χ1v) is 7.33. The lowest BCUT2D eigenvalue weighted by atomic mass is 9.96. The summed E-state index contributed by atoms with van der Waals surface area (Å²) in [6.07, 6.45) is 3.44. The summed E-state index contributed by atoms with van der Waals surface area (Å²) in [4.78, 5) is 13.7. The summed E-state index contributed by atoms with van der Waals surface area (Å²) in [5.74, 6) is 0.105. The number of nitrogens with zero attached hydrogens (tertiary/aromatic N) is 1. The largest absolute Gasteiger partial charge is 0.391 e. The fraction of sp³-hybridized carbons (Fsp3) is 0.400. The summed E-state index contributed by atoms with van der Waals surface area (Å²) < 4.78 is 0. The molecule has 0 aliphatic carbocycles. The Morgan fingerprint density at radius 3 is 2.65 bits per heavy atom. The van der Waals surface area contributed by atoms with Gasteiger partial charge in [0, 0.05) is 34.8 Å². The number of aliphatic hydroxyl groups is 1. The van der Waals surface area contributed by atoms with Crippen LogP contribution in [0.4, 0.5) is 0 Å². The van der Waals surface area contributed by atoms with Gasteiger partial charge in [0.05, 0.1) is 6.10 Å². The number of hydrogen-bond acceptors (Lipinski definition) is 2. The van der Waals surface area contributed by atoms with Crippen LogP contribution in [-0.4, -0.2) is 35.1 Å². The summed E-state index contributed by atoms with van der Waals surface area (Å²) >= 11 is 12.1. The van der Waals surface area contributed by atoms with Crippen molar-refractivity contribution in [3.8, 4) is 0 Å². The van der Waals surface area contributed by atoms with Crippen molar-refractivity contribution in [2.45, 2.75) is 19.4 Å². The molecular weight excluding hydrogens is 297 g/mol. The Balaban J connectivity index is 2.06. The molecule has 0 bridgehead atoms. The first kappa shape index (κ1) is 15.4. The highest BCUT2D eigenvalue weighted by Crippen LogP contribution is 2.25. The lowest BCUT2D eigenvalue weighted by molar-refractivity contribution is -0.130. The summed E-state index contributed by atoms with van der Waals surface area (Å²) in [5, 5.41) is 10.8. The molecule has 1 aromatic rings. The van der Waals surface area contributed by atoms with E-state index in [0.29, 0.717) is 28.7 Å². The molecule has 0 saturated carbocycles. The normalized spacial score (nSPS) is 23.3. The number of benzene rings is 1. The summed E-state index contributed by atoms with van der Waals surface area (Å²) in [6.45, 7) is 3.03. The lowest BCUT2D eigenvalue weighted by Gasteiger charge is -2.33. The topological polar surface area (TPSA) is 40.5 Å². The third kappa shape index (κ3) is 3.54. The van der Waals surface area contributed by atoms with Gasteiger partial charge in [-0.15, -0.1) is 0 Å². The van der Waals surface area contributed by atoms with Gasteiger partial charge in [0.1, 0.15) is 0 Å². The maximum Gasteiger partial charge on any atom is 0.246 e. The first-order valence-electron chi connectivity index (χ1n) is 6.58. The minimum atomic E-state index is -0.454. The molecule has 1 aromatic carbocycles. The summed E-state index contributed by atoms with van der Waals surface area (Å²) in [7, 11) is 0. The van der Waals surface area contributed by atoms with E-state index < -0.39 is 6.10 Å². The number of β-amino-alcohol motifs (C(OH)–C–C–N with tert-alkyl or cyclic N) is 1. The van der Waals surface area contributed by atoms with Crippen molar-refractivity contribution in [1.29, 1.82) is 0 Å². The van der Waals surface area contributed by atoms with Crippen LogP contribution in [0.2, 0.25) is 10.0 Å². The van der Waals surface area contributed by atoms with Crippen molar-refractivity contribution in [2.75, 3.05) is 13.1 Å². The van der Waals surface area contributed by atoms with E-state index in [1.54, 1.807) is 29.2 Å². The monoisotopic (exact) mass is 313 g/mol. The number of aliphatic hydroxyl groups excluding tert-OH is 1. The zero-order chi connectivity index (χ0) is 14.7. The Bertz CT molecular complexity index is 510. The minimum Gasteiger partial charge on any atom is -0.391 e. The van der Waals surface area contributed by atoms with Gasteiger partial charge in [0.2, 0.25) is 5.91 Å². The standard InChI is InChI=1S/C15H17Cl2NO2/c1-10-7-8-18(9-14(10)19)15(20)6-5-11-12(16)3-2-4-13(11)17/h2-6,10,14,19H,7-9H2,1H3/b6-5+. The van der Waals surface area contributed by atoms with E-state index in [-0.39, 0.29) is 11.8 Å². The molecule has 1 heterocycles. The van der Waals surface area contributed by atoms with Gasteiger partial charge in [0.15, 0.2) is 0 Å². The van der Waals surface area contributed by atoms with E-state index >= 15 is 0 Å². The van der Waals surface area contributed by atoms with Gasteiger partial charge in [-0.25, -0.2) is 0 Å². The van der Waals surface area contributed by atoms with Gasteiger partial charge in [-0.1, -0.05) is 36.2 Å². The van der Waals surface area contributed by atoms with Crippen molar-refractivity contribution in [3.63, 3.8) is 0 Å². The minimum absolute atomic E-state index is 0.132. The highest BCUT2D eigenvalue weighted by atomic mass is 35.5. The molecular formula is C15H17Cl2NO2. The highest BCUT2D eigenvalue weighted by Gasteiger charge is 2.26. The van der Waals surface area contributed by atoms with Gasteiger partial charge in [-0.2, -0.15) is 0 Å². The Morgan fingerprint density at radius 2 is 2.05 bits per heavy atom. The van der Waals surface area contributed by atoms with Crippen molar-refractivity contribution < 1.29 is 9.90 Å². The smallest absolute Gasteiger partial charge is 0.246 e. The van der Waals surface area contributed by atoms with E-state index in [0.717, 1.165) is 6.42 Å². The van der Waals surface area contributed by atoms with E-state index in [2.05, 4.69) is 0 Å². The molecule has 1 aliphatic rings. The highest BCUT2D eigenvalue weighted by molar-refractivity contribution is 6.37. The second-order valence-corrected chi connectivity index (χ2v) is 5.90. The van der Waals surface area contributed by atoms with Crippen LogP contribution in [-0.2, 0) is 4.79 Å². The van der Waals surface area contributed by atoms with Crippen molar-refractivity contribution in [3.05, 3.63) is 39.9 Å². The van der Waals surface area contributed by atoms with Crippen LogP contribution in [0.3, 0.4) is 0 Å². The summed E-state index contributed by atoms with van der Waals surface area (Å²) in [5.41, 5.74) is 0.634. The third-order valence-electron chi connectivity index (χ3n) is 3.62. The van der Waals surface area contributed by atoms with Gasteiger partial charge in [0.25, 0.3) is 0 Å². The average Bonchev–Trinajstić information content (AvgIpc) is 2.41. The maximum atomic E-state index is 12.1. The molecule has 0 aromatic heterocycles. The van der Waals surface area contributed by atoms with Crippen molar-refractivity contribution >= 4 is 35.2 Å². The molecule has 1 aliphatic heterocycles. The van der Waals surface area contributed by atoms with Crippen LogP contribution in [0.25, 0.3) is 6.08 Å². The Hall–Kier alpha value is -1.03. The average molecular weight is 314 g/mol. The van der Waals surface area contributed by atoms with Gasteiger partial charge in [-0.3, -0.25) is 4.79 Å². The number of likely N-dealkylation sites (tertiary alicyclic amines) is 1. The number of hydrogen-bond donors (Lipinski definition) is 1. The molecule has 2 atom stereocenters. The molecule has 1 N–H and O–H groups in total. The molecule has 2 unspecified atom stereocenters. The van der Waals surface area contributed by atoms with Gasteiger partial charge < -0.3 is 10.0 Å². The first-order chi connectivity index (χ1) is 9.49. The third-order valence-corrected chi connectivity index (χ3v) is 4.28. The fourth-order valence-corrected chi connectivity index (χ4v) is 2.70. The number of halogens is 2. The van der Waals surface area contributed by atoms with Crippen LogP contribution in [0.15, 0.2) is 24.3 Å². The van der Waals surface area contributed by atoms with Gasteiger partial charge >= 0.3 is 0 Å². The predicted octanol–water partition coefficient (Wildman–Crippen LogP) is 3.24. The molecule has 20 heavy (non-hydrogen) atoms. The molecule has 2 rings (SSSR count). The molecule has 0 radical (unpaired) electrons. The molecule has 3 nitrogen and oxygen atoms in total. The Kier molecular flexibility index (Phi) is 5.08. The van der Waals surface area contributed by atoms with Crippen LogP contribution in [0.1, 0.15) is 18.9 Å². The van der Waals surface area contributed by atoms with E-state index in [1.807, 2.05) is 6.92 Å². The second-order valence-electron chi connectivity index (χ2n) is 5.09. The van der Waals surface area contributed by atoms with Crippen LogP contribution in [0, 0.1) is 5.92 Å². The zero-order valence-electron chi connectivity index (χ0n) is 11.2. The fourth-order valence-electron chi connectivity index (χ4n) is 2.18. The second kappa shape index (κ2) is 6.61. The predicted molar refractivity (Wildman–Crippen MR) is 81.9 cm³/mol. The zero-order valence-corrected chi connectivity index (χ0v) is 12.7. The van der Waals surface area contributed by atoms with E-state index in [1.165, 1.54) is 6.08 Å². The molecule has 0 spiro atoms. The number of carbonyl (C=O) groups excluding carboxylic acids is 1. The molecule has 5 heteroatoms. The summed E-state index contributed by atoms with van der Waals surface area (Å²) in [6, 6.07) is 5.21. The van der Waals surface area contributed by atoms with Gasteiger partial charge in [-0.05, 0) is 30.5 Å². The Morgan fingerprint density at radius 1 is 1.40 bits per heavy atom. The number of rotatable bonds is 2. The maximum absolute atomic E-state index is 12.1. The molecule has 108 valence electrons. The van der Waals surface area contributed by atoms with E-state index in [4.69, 9.17) is 23.2 Å².